The second kappa shape index (κ2) is 37.6. The third-order valence-electron chi connectivity index (χ3n) is 9.17. The number of phosphoric ester groups is 1. The lowest BCUT2D eigenvalue weighted by Gasteiger charge is -2.24. The minimum atomic E-state index is -4.28. The fourth-order valence-electron chi connectivity index (χ4n) is 5.75. The Morgan fingerprint density at radius 1 is 0.585 bits per heavy atom. The molecule has 0 heterocycles. The summed E-state index contributed by atoms with van der Waals surface area (Å²) in [7, 11) is 1.65. The lowest BCUT2D eigenvalue weighted by atomic mass is 10.1. The van der Waals surface area contributed by atoms with E-state index >= 15 is 0 Å². The Bertz CT molecular complexity index is 947. The Morgan fingerprint density at radius 2 is 1.04 bits per heavy atom. The average Bonchev–Trinajstić information content (AvgIpc) is 3.11. The molecule has 2 atom stereocenters. The normalized spacial score (nSPS) is 14.2. The number of rotatable bonds is 40. The van der Waals surface area contributed by atoms with E-state index < -0.39 is 13.9 Å². The van der Waals surface area contributed by atoms with Crippen molar-refractivity contribution in [3.63, 3.8) is 0 Å². The highest BCUT2D eigenvalue weighted by Gasteiger charge is 2.26. The number of hydrogen-bond acceptors (Lipinski definition) is 6. The van der Waals surface area contributed by atoms with Gasteiger partial charge in [-0.1, -0.05) is 140 Å². The predicted molar refractivity (Wildman–Crippen MR) is 224 cm³/mol. The van der Waals surface area contributed by atoms with Crippen LogP contribution in [0.3, 0.4) is 0 Å². The summed E-state index contributed by atoms with van der Waals surface area (Å²) in [6, 6.07) is 0. The zero-order valence-corrected chi connectivity index (χ0v) is 36.1. The molecule has 1 N–H and O–H groups in total. The van der Waals surface area contributed by atoms with E-state index in [0.717, 1.165) is 57.8 Å². The summed E-state index contributed by atoms with van der Waals surface area (Å²) >= 11 is 0. The number of carbonyl (C=O) groups excluding carboxylic acids is 1. The number of ether oxygens (including phenoxy) is 2. The van der Waals surface area contributed by atoms with Crippen molar-refractivity contribution in [3.8, 4) is 0 Å². The van der Waals surface area contributed by atoms with Gasteiger partial charge in [0.05, 0.1) is 34.4 Å². The van der Waals surface area contributed by atoms with Crippen molar-refractivity contribution in [3.05, 3.63) is 36.5 Å². The molecule has 53 heavy (non-hydrogen) atoms. The molecule has 0 amide bonds. The summed E-state index contributed by atoms with van der Waals surface area (Å²) in [5.41, 5.74) is 0. The highest BCUT2D eigenvalue weighted by molar-refractivity contribution is 7.47. The van der Waals surface area contributed by atoms with E-state index in [0.29, 0.717) is 24.1 Å². The molecule has 0 bridgehead atoms. The molecular formula is C44H85NO7P+. The summed E-state index contributed by atoms with van der Waals surface area (Å²) in [5.74, 6) is -0.329. The van der Waals surface area contributed by atoms with Crippen molar-refractivity contribution >= 4 is 13.8 Å². The predicted octanol–water partition coefficient (Wildman–Crippen LogP) is 12.6. The van der Waals surface area contributed by atoms with Gasteiger partial charge in [-0.3, -0.25) is 13.8 Å². The SMILES string of the molecule is CCCCC/C=C\C/C=C\CCCCCCCC(=O)O[C@H](COCCCCCCCCCC/C=C\CCCCCC)COP(=O)(O)OCC[N+](C)(C)C. The number of unbranched alkanes of at least 4 members (excludes halogenated alkanes) is 20. The standard InChI is InChI=1S/C44H84NO7P/c1-6-8-10-12-14-16-18-20-22-24-26-28-30-32-34-36-39-49-41-43(42-51-53(47,48)50-40-38-45(3,4)5)52-44(46)37-35-33-31-29-27-25-23-21-19-17-15-13-11-9-7-2/h15-18,21,23,43H,6-14,19-20,22,24-42H2,1-5H3/p+1/b17-15-,18-16-,23-21-/t43-/m1/s1. The molecule has 1 unspecified atom stereocenters. The van der Waals surface area contributed by atoms with Gasteiger partial charge in [-0.15, -0.1) is 0 Å². The van der Waals surface area contributed by atoms with E-state index in [-0.39, 0.29) is 25.8 Å². The molecule has 0 spiro atoms. The molecule has 312 valence electrons. The van der Waals surface area contributed by atoms with Gasteiger partial charge in [0.1, 0.15) is 19.3 Å². The average molecular weight is 771 g/mol. The van der Waals surface area contributed by atoms with Crippen molar-refractivity contribution in [1.82, 2.24) is 0 Å². The smallest absolute Gasteiger partial charge is 0.457 e. The number of allylic oxidation sites excluding steroid dienone is 6. The maximum Gasteiger partial charge on any atom is 0.472 e. The van der Waals surface area contributed by atoms with Crippen LogP contribution in [0.25, 0.3) is 0 Å². The largest absolute Gasteiger partial charge is 0.472 e. The zero-order valence-electron chi connectivity index (χ0n) is 35.3. The minimum Gasteiger partial charge on any atom is -0.457 e. The summed E-state index contributed by atoms with van der Waals surface area (Å²) < 4.78 is 35.0. The van der Waals surface area contributed by atoms with Gasteiger partial charge in [0.25, 0.3) is 0 Å². The first-order valence-corrected chi connectivity index (χ1v) is 23.2. The van der Waals surface area contributed by atoms with Crippen molar-refractivity contribution < 1.29 is 37.3 Å². The lowest BCUT2D eigenvalue weighted by Crippen LogP contribution is -2.37. The minimum absolute atomic E-state index is 0.0850. The van der Waals surface area contributed by atoms with Gasteiger partial charge in [-0.2, -0.15) is 0 Å². The third-order valence-corrected chi connectivity index (χ3v) is 10.2. The Labute approximate surface area is 327 Å². The Morgan fingerprint density at radius 3 is 1.58 bits per heavy atom. The van der Waals surface area contributed by atoms with Crippen LogP contribution in [0.15, 0.2) is 36.5 Å². The Hall–Kier alpha value is -1.28. The van der Waals surface area contributed by atoms with Crippen LogP contribution < -0.4 is 0 Å². The van der Waals surface area contributed by atoms with Gasteiger partial charge >= 0.3 is 13.8 Å². The molecule has 0 aliphatic rings. The lowest BCUT2D eigenvalue weighted by molar-refractivity contribution is -0.870. The Balaban J connectivity index is 4.27. The van der Waals surface area contributed by atoms with Crippen LogP contribution >= 0.6 is 7.82 Å². The van der Waals surface area contributed by atoms with Crippen molar-refractivity contribution in [2.24, 2.45) is 0 Å². The molecule has 0 aromatic heterocycles. The molecule has 0 aliphatic heterocycles. The van der Waals surface area contributed by atoms with Gasteiger partial charge in [0, 0.05) is 13.0 Å². The molecule has 0 aliphatic carbocycles. The van der Waals surface area contributed by atoms with Crippen molar-refractivity contribution in [2.75, 3.05) is 54.1 Å². The summed E-state index contributed by atoms with van der Waals surface area (Å²) in [5, 5.41) is 0. The zero-order chi connectivity index (χ0) is 39.1. The van der Waals surface area contributed by atoms with Crippen LogP contribution in [0.4, 0.5) is 0 Å². The van der Waals surface area contributed by atoms with Crippen LogP contribution in [0.1, 0.15) is 181 Å². The molecule has 0 aromatic carbocycles. The first-order valence-electron chi connectivity index (χ1n) is 21.7. The van der Waals surface area contributed by atoms with Gasteiger partial charge < -0.3 is 18.9 Å². The molecule has 8 nitrogen and oxygen atoms in total. The fourth-order valence-corrected chi connectivity index (χ4v) is 6.49. The van der Waals surface area contributed by atoms with Crippen LogP contribution in [-0.4, -0.2) is 75.6 Å². The summed E-state index contributed by atoms with van der Waals surface area (Å²) in [6.45, 7) is 5.56. The molecular weight excluding hydrogens is 685 g/mol. The molecule has 0 aromatic rings. The summed E-state index contributed by atoms with van der Waals surface area (Å²) in [4.78, 5) is 22.9. The van der Waals surface area contributed by atoms with Crippen LogP contribution in [0.5, 0.6) is 0 Å². The number of carbonyl (C=O) groups is 1. The Kier molecular flexibility index (Phi) is 36.7. The van der Waals surface area contributed by atoms with Crippen LogP contribution in [0, 0.1) is 0 Å². The number of hydrogen-bond donors (Lipinski definition) is 1. The highest BCUT2D eigenvalue weighted by Crippen LogP contribution is 2.43. The van der Waals surface area contributed by atoms with Gasteiger partial charge in [-0.05, 0) is 70.6 Å². The number of likely N-dealkylation sites (N-methyl/N-ethyl adjacent to an activating group) is 1. The van der Waals surface area contributed by atoms with Crippen LogP contribution in [0.2, 0.25) is 0 Å². The maximum atomic E-state index is 12.7. The second-order valence-electron chi connectivity index (χ2n) is 15.7. The monoisotopic (exact) mass is 771 g/mol. The fraction of sp³-hybridized carbons (Fsp3) is 0.841. The number of esters is 1. The topological polar surface area (TPSA) is 91.3 Å². The molecule has 0 saturated carbocycles. The van der Waals surface area contributed by atoms with Crippen LogP contribution in [-0.2, 0) is 27.9 Å². The van der Waals surface area contributed by atoms with Crippen molar-refractivity contribution in [2.45, 2.75) is 187 Å². The molecule has 0 rings (SSSR count). The summed E-state index contributed by atoms with van der Waals surface area (Å²) in [6.07, 6.45) is 43.1. The number of quaternary nitrogens is 1. The highest BCUT2D eigenvalue weighted by atomic mass is 31.2. The molecule has 0 radical (unpaired) electrons. The van der Waals surface area contributed by atoms with Crippen molar-refractivity contribution in [1.29, 1.82) is 0 Å². The van der Waals surface area contributed by atoms with E-state index in [2.05, 4.69) is 50.3 Å². The van der Waals surface area contributed by atoms with E-state index in [1.807, 2.05) is 21.1 Å². The second-order valence-corrected chi connectivity index (χ2v) is 17.2. The number of phosphoric acid groups is 1. The van der Waals surface area contributed by atoms with Gasteiger partial charge in [0.15, 0.2) is 0 Å². The first-order chi connectivity index (χ1) is 25.6. The van der Waals surface area contributed by atoms with E-state index in [4.69, 9.17) is 18.5 Å². The first kappa shape index (κ1) is 51.7. The third kappa shape index (κ3) is 41.7. The van der Waals surface area contributed by atoms with E-state index in [1.165, 1.54) is 103 Å². The quantitative estimate of drug-likeness (QED) is 0.0218. The van der Waals surface area contributed by atoms with Gasteiger partial charge in [0.2, 0.25) is 0 Å². The van der Waals surface area contributed by atoms with E-state index in [9.17, 15) is 14.3 Å². The number of nitrogens with zero attached hydrogens (tertiary/aromatic N) is 1. The van der Waals surface area contributed by atoms with Gasteiger partial charge in [-0.25, -0.2) is 4.57 Å². The molecule has 9 heteroatoms. The molecule has 0 saturated heterocycles. The maximum absolute atomic E-state index is 12.7. The van der Waals surface area contributed by atoms with E-state index in [1.54, 1.807) is 0 Å². The molecule has 0 fully saturated rings.